The van der Waals surface area contributed by atoms with Gasteiger partial charge in [-0.2, -0.15) is 5.10 Å². The number of benzene rings is 3. The summed E-state index contributed by atoms with van der Waals surface area (Å²) in [6, 6.07) is 19.2. The Balaban J connectivity index is 1.35. The van der Waals surface area contributed by atoms with Crippen molar-refractivity contribution in [2.75, 3.05) is 12.1 Å². The molecule has 1 aliphatic rings. The molecule has 0 aromatic heterocycles. The third-order valence-corrected chi connectivity index (χ3v) is 4.31. The average molecular weight is 361 g/mol. The van der Waals surface area contributed by atoms with Gasteiger partial charge in [0.25, 0.3) is 5.91 Å². The molecule has 1 aliphatic heterocycles. The highest BCUT2D eigenvalue weighted by Gasteiger charge is 2.13. The first-order valence-electron chi connectivity index (χ1n) is 8.67. The van der Waals surface area contributed by atoms with Crippen LogP contribution in [0.2, 0.25) is 0 Å². The third-order valence-electron chi connectivity index (χ3n) is 4.31. The molecule has 136 valence electrons. The lowest BCUT2D eigenvalue weighted by atomic mass is 10.1. The van der Waals surface area contributed by atoms with Crippen LogP contribution in [0, 0.1) is 0 Å². The maximum Gasteiger partial charge on any atom is 0.262 e. The quantitative estimate of drug-likeness (QED) is 0.539. The fraction of sp³-hybridized carbons (Fsp3) is 0.143. The second-order valence-corrected chi connectivity index (χ2v) is 6.27. The van der Waals surface area contributed by atoms with E-state index in [2.05, 4.69) is 21.9 Å². The maximum absolute atomic E-state index is 12.3. The van der Waals surface area contributed by atoms with Crippen LogP contribution >= 0.6 is 0 Å². The second-order valence-electron chi connectivity index (χ2n) is 6.27. The van der Waals surface area contributed by atoms with Crippen LogP contribution in [0.15, 0.2) is 65.8 Å². The van der Waals surface area contributed by atoms with Crippen LogP contribution in [0.3, 0.4) is 0 Å². The van der Waals surface area contributed by atoms with Crippen molar-refractivity contribution in [1.29, 1.82) is 0 Å². The fourth-order valence-electron chi connectivity index (χ4n) is 2.86. The van der Waals surface area contributed by atoms with Crippen LogP contribution in [0.4, 0.5) is 5.69 Å². The van der Waals surface area contributed by atoms with Gasteiger partial charge in [0.05, 0.1) is 6.21 Å². The van der Waals surface area contributed by atoms with E-state index in [1.165, 1.54) is 0 Å². The van der Waals surface area contributed by atoms with Gasteiger partial charge in [-0.3, -0.25) is 4.79 Å². The molecule has 1 atom stereocenters. The number of anilines is 1. The summed E-state index contributed by atoms with van der Waals surface area (Å²) in [5.74, 6) is 1.17. The van der Waals surface area contributed by atoms with Gasteiger partial charge in [0.15, 0.2) is 11.5 Å². The molecule has 3 aromatic rings. The standard InChI is InChI=1S/C21H19N3O3/c1-14(23-18-8-7-16-4-2-3-5-17(16)11-18)21(25)24-22-12-15-6-9-19-20(10-15)27-13-26-19/h2-12,14,23H,13H2,1H3,(H,24,25)/b22-12+. The van der Waals surface area contributed by atoms with Crippen LogP contribution in [0.5, 0.6) is 11.5 Å². The summed E-state index contributed by atoms with van der Waals surface area (Å²) < 4.78 is 10.6. The van der Waals surface area contributed by atoms with Crippen LogP contribution in [-0.2, 0) is 4.79 Å². The van der Waals surface area contributed by atoms with Crippen molar-refractivity contribution >= 4 is 28.6 Å². The minimum atomic E-state index is -0.430. The normalized spacial score (nSPS) is 13.7. The van der Waals surface area contributed by atoms with Gasteiger partial charge in [-0.05, 0) is 53.6 Å². The van der Waals surface area contributed by atoms with Crippen LogP contribution < -0.4 is 20.2 Å². The lowest BCUT2D eigenvalue weighted by Gasteiger charge is -2.14. The fourth-order valence-corrected chi connectivity index (χ4v) is 2.86. The molecule has 0 fully saturated rings. The summed E-state index contributed by atoms with van der Waals surface area (Å²) in [6.07, 6.45) is 1.57. The molecule has 27 heavy (non-hydrogen) atoms. The Kier molecular flexibility index (Phi) is 4.61. The van der Waals surface area contributed by atoms with Gasteiger partial charge in [0.1, 0.15) is 6.04 Å². The third kappa shape index (κ3) is 3.84. The summed E-state index contributed by atoms with van der Waals surface area (Å²) >= 11 is 0. The molecule has 4 rings (SSSR count). The Morgan fingerprint density at radius 1 is 1.04 bits per heavy atom. The average Bonchev–Trinajstić information content (AvgIpc) is 3.15. The topological polar surface area (TPSA) is 72.0 Å². The van der Waals surface area contributed by atoms with Gasteiger partial charge in [-0.15, -0.1) is 0 Å². The van der Waals surface area contributed by atoms with E-state index >= 15 is 0 Å². The van der Waals surface area contributed by atoms with E-state index in [1.54, 1.807) is 13.1 Å². The summed E-state index contributed by atoms with van der Waals surface area (Å²) in [5.41, 5.74) is 4.25. The molecule has 1 amide bonds. The monoisotopic (exact) mass is 361 g/mol. The number of fused-ring (bicyclic) bond motifs is 2. The van der Waals surface area contributed by atoms with E-state index in [1.807, 2.05) is 54.6 Å². The second kappa shape index (κ2) is 7.37. The molecule has 1 unspecified atom stereocenters. The smallest absolute Gasteiger partial charge is 0.262 e. The Morgan fingerprint density at radius 3 is 2.74 bits per heavy atom. The van der Waals surface area contributed by atoms with E-state index in [-0.39, 0.29) is 12.7 Å². The Morgan fingerprint density at radius 2 is 1.85 bits per heavy atom. The highest BCUT2D eigenvalue weighted by molar-refractivity contribution is 5.89. The summed E-state index contributed by atoms with van der Waals surface area (Å²) in [4.78, 5) is 12.3. The number of hydrogen-bond donors (Lipinski definition) is 2. The van der Waals surface area contributed by atoms with E-state index in [4.69, 9.17) is 9.47 Å². The number of ether oxygens (including phenoxy) is 2. The van der Waals surface area contributed by atoms with E-state index in [9.17, 15) is 4.79 Å². The number of nitrogens with one attached hydrogen (secondary N) is 2. The van der Waals surface area contributed by atoms with E-state index in [0.29, 0.717) is 11.5 Å². The van der Waals surface area contributed by atoms with Crippen molar-refractivity contribution in [1.82, 2.24) is 5.43 Å². The van der Waals surface area contributed by atoms with Crippen molar-refractivity contribution in [3.8, 4) is 11.5 Å². The largest absolute Gasteiger partial charge is 0.454 e. The molecule has 3 aromatic carbocycles. The molecule has 1 heterocycles. The zero-order valence-corrected chi connectivity index (χ0v) is 14.8. The van der Waals surface area contributed by atoms with Crippen molar-refractivity contribution in [3.05, 3.63) is 66.2 Å². The van der Waals surface area contributed by atoms with Gasteiger partial charge >= 0.3 is 0 Å². The maximum atomic E-state index is 12.3. The van der Waals surface area contributed by atoms with E-state index in [0.717, 1.165) is 22.0 Å². The number of nitrogens with zero attached hydrogens (tertiary/aromatic N) is 1. The Labute approximate surface area is 156 Å². The van der Waals surface area contributed by atoms with Crippen LogP contribution in [0.25, 0.3) is 10.8 Å². The van der Waals surface area contributed by atoms with Crippen LogP contribution in [0.1, 0.15) is 12.5 Å². The molecule has 0 saturated heterocycles. The van der Waals surface area contributed by atoms with Gasteiger partial charge in [0.2, 0.25) is 6.79 Å². The first-order valence-corrected chi connectivity index (χ1v) is 8.67. The summed E-state index contributed by atoms with van der Waals surface area (Å²) in [5, 5.41) is 9.49. The molecule has 6 nitrogen and oxygen atoms in total. The van der Waals surface area contributed by atoms with Gasteiger partial charge in [0, 0.05) is 5.69 Å². The zero-order valence-electron chi connectivity index (χ0n) is 14.8. The highest BCUT2D eigenvalue weighted by atomic mass is 16.7. The lowest BCUT2D eigenvalue weighted by molar-refractivity contribution is -0.121. The van der Waals surface area contributed by atoms with E-state index < -0.39 is 6.04 Å². The molecule has 6 heteroatoms. The Bertz CT molecular complexity index is 1020. The SMILES string of the molecule is CC(Nc1ccc2ccccc2c1)C(=O)N/N=C/c1ccc2c(c1)OCO2. The number of carbonyl (C=O) groups is 1. The predicted molar refractivity (Wildman–Crippen MR) is 105 cm³/mol. The molecular formula is C21H19N3O3. The number of amides is 1. The minimum Gasteiger partial charge on any atom is -0.454 e. The summed E-state index contributed by atoms with van der Waals surface area (Å²) in [6.45, 7) is 2.02. The first-order chi connectivity index (χ1) is 13.2. The van der Waals surface area contributed by atoms with Gasteiger partial charge < -0.3 is 14.8 Å². The molecule has 0 saturated carbocycles. The molecule has 2 N–H and O–H groups in total. The number of rotatable bonds is 5. The van der Waals surface area contributed by atoms with Gasteiger partial charge in [-0.25, -0.2) is 5.43 Å². The molecule has 0 radical (unpaired) electrons. The zero-order chi connectivity index (χ0) is 18.6. The predicted octanol–water partition coefficient (Wildman–Crippen LogP) is 3.52. The number of carbonyl (C=O) groups excluding carboxylic acids is 1. The van der Waals surface area contributed by atoms with Gasteiger partial charge in [-0.1, -0.05) is 30.3 Å². The molecule has 0 spiro atoms. The van der Waals surface area contributed by atoms with Crippen LogP contribution in [-0.4, -0.2) is 25.0 Å². The summed E-state index contributed by atoms with van der Waals surface area (Å²) in [7, 11) is 0. The Hall–Kier alpha value is -3.54. The van der Waals surface area contributed by atoms with Crippen molar-refractivity contribution in [2.24, 2.45) is 5.10 Å². The highest BCUT2D eigenvalue weighted by Crippen LogP contribution is 2.31. The number of hydrazone groups is 1. The first kappa shape index (κ1) is 16.9. The molecule has 0 bridgehead atoms. The minimum absolute atomic E-state index is 0.222. The van der Waals surface area contributed by atoms with Crippen molar-refractivity contribution in [2.45, 2.75) is 13.0 Å². The lowest BCUT2D eigenvalue weighted by Crippen LogP contribution is -2.34. The number of hydrogen-bond acceptors (Lipinski definition) is 5. The van der Waals surface area contributed by atoms with Crippen molar-refractivity contribution in [3.63, 3.8) is 0 Å². The van der Waals surface area contributed by atoms with Crippen molar-refractivity contribution < 1.29 is 14.3 Å². The molecular weight excluding hydrogens is 342 g/mol. The molecule has 0 aliphatic carbocycles.